The van der Waals surface area contributed by atoms with Gasteiger partial charge in [0.15, 0.2) is 0 Å². The number of rotatable bonds is 4. The lowest BCUT2D eigenvalue weighted by atomic mass is 10.2. The molecule has 0 aliphatic heterocycles. The number of thiophene rings is 1. The van der Waals surface area contributed by atoms with Crippen LogP contribution in [0.2, 0.25) is 0 Å². The third-order valence-corrected chi connectivity index (χ3v) is 4.76. The van der Waals surface area contributed by atoms with Crippen molar-refractivity contribution in [2.75, 3.05) is 0 Å². The summed E-state index contributed by atoms with van der Waals surface area (Å²) in [6.45, 7) is 0.0518. The number of benzene rings is 1. The standard InChI is InChI=1S/C12H10F3NO2S2/c13-12(14,15)9-3-1-5-11(7-9)20(17,18)16-8-10-4-2-6-19-10/h1-7,16H,8H2. The van der Waals surface area contributed by atoms with E-state index in [1.165, 1.54) is 11.3 Å². The molecule has 0 spiro atoms. The van der Waals surface area contributed by atoms with Crippen LogP contribution in [-0.2, 0) is 22.7 Å². The van der Waals surface area contributed by atoms with Gasteiger partial charge in [-0.15, -0.1) is 11.3 Å². The number of hydrogen-bond acceptors (Lipinski definition) is 3. The molecule has 0 unspecified atom stereocenters. The van der Waals surface area contributed by atoms with Gasteiger partial charge in [-0.1, -0.05) is 12.1 Å². The predicted molar refractivity (Wildman–Crippen MR) is 69.8 cm³/mol. The highest BCUT2D eigenvalue weighted by molar-refractivity contribution is 7.89. The monoisotopic (exact) mass is 321 g/mol. The van der Waals surface area contributed by atoms with E-state index in [0.717, 1.165) is 23.1 Å². The van der Waals surface area contributed by atoms with Crippen molar-refractivity contribution in [1.82, 2.24) is 4.72 Å². The molecule has 0 radical (unpaired) electrons. The lowest BCUT2D eigenvalue weighted by molar-refractivity contribution is -0.137. The number of nitrogens with one attached hydrogen (secondary N) is 1. The predicted octanol–water partition coefficient (Wildman–Crippen LogP) is 3.25. The summed E-state index contributed by atoms with van der Waals surface area (Å²) < 4.78 is 63.8. The Morgan fingerprint density at radius 1 is 1.15 bits per heavy atom. The fourth-order valence-electron chi connectivity index (χ4n) is 1.50. The molecule has 1 aromatic carbocycles. The van der Waals surface area contributed by atoms with E-state index >= 15 is 0 Å². The molecule has 20 heavy (non-hydrogen) atoms. The van der Waals surface area contributed by atoms with Gasteiger partial charge in [0.1, 0.15) is 0 Å². The summed E-state index contributed by atoms with van der Waals surface area (Å²) in [6.07, 6.45) is -4.57. The van der Waals surface area contributed by atoms with Crippen molar-refractivity contribution in [3.05, 3.63) is 52.2 Å². The Balaban J connectivity index is 2.21. The Morgan fingerprint density at radius 2 is 1.90 bits per heavy atom. The Morgan fingerprint density at radius 3 is 2.50 bits per heavy atom. The SMILES string of the molecule is O=S(=O)(NCc1cccs1)c1cccc(C(F)(F)F)c1. The van der Waals surface area contributed by atoms with Crippen molar-refractivity contribution in [2.24, 2.45) is 0 Å². The molecule has 0 bridgehead atoms. The van der Waals surface area contributed by atoms with Crippen LogP contribution in [0.4, 0.5) is 13.2 Å². The molecule has 0 aliphatic carbocycles. The highest BCUT2D eigenvalue weighted by atomic mass is 32.2. The van der Waals surface area contributed by atoms with Crippen LogP contribution in [0, 0.1) is 0 Å². The lowest BCUT2D eigenvalue weighted by Crippen LogP contribution is -2.23. The second-order valence-electron chi connectivity index (χ2n) is 3.93. The van der Waals surface area contributed by atoms with E-state index in [0.29, 0.717) is 6.07 Å². The maximum Gasteiger partial charge on any atom is 0.416 e. The second kappa shape index (κ2) is 5.55. The van der Waals surface area contributed by atoms with Crippen LogP contribution in [0.15, 0.2) is 46.7 Å². The van der Waals surface area contributed by atoms with Gasteiger partial charge in [0.05, 0.1) is 10.5 Å². The first kappa shape index (κ1) is 15.0. The van der Waals surface area contributed by atoms with Crippen LogP contribution in [0.25, 0.3) is 0 Å². The van der Waals surface area contributed by atoms with Crippen molar-refractivity contribution >= 4 is 21.4 Å². The average Bonchev–Trinajstić information content (AvgIpc) is 2.89. The van der Waals surface area contributed by atoms with Gasteiger partial charge in [-0.05, 0) is 29.6 Å². The van der Waals surface area contributed by atoms with Gasteiger partial charge in [0.25, 0.3) is 0 Å². The first-order chi connectivity index (χ1) is 9.29. The quantitative estimate of drug-likeness (QED) is 0.939. The minimum absolute atomic E-state index is 0.0518. The normalized spacial score (nSPS) is 12.6. The zero-order valence-corrected chi connectivity index (χ0v) is 11.6. The van der Waals surface area contributed by atoms with Gasteiger partial charge < -0.3 is 0 Å². The van der Waals surface area contributed by atoms with Crippen molar-refractivity contribution in [3.63, 3.8) is 0 Å². The third-order valence-electron chi connectivity index (χ3n) is 2.49. The molecule has 0 aliphatic rings. The van der Waals surface area contributed by atoms with Crippen molar-refractivity contribution in [2.45, 2.75) is 17.6 Å². The van der Waals surface area contributed by atoms with Crippen LogP contribution >= 0.6 is 11.3 Å². The molecule has 0 amide bonds. The van der Waals surface area contributed by atoms with Gasteiger partial charge >= 0.3 is 6.18 Å². The van der Waals surface area contributed by atoms with Crippen LogP contribution in [0.1, 0.15) is 10.4 Å². The Labute approximate surface area is 118 Å². The summed E-state index contributed by atoms with van der Waals surface area (Å²) in [4.78, 5) is 0.379. The fraction of sp³-hybridized carbons (Fsp3) is 0.167. The fourth-order valence-corrected chi connectivity index (χ4v) is 3.29. The molecule has 1 N–H and O–H groups in total. The molecule has 0 atom stereocenters. The molecule has 1 heterocycles. The summed E-state index contributed by atoms with van der Waals surface area (Å²) in [5.41, 5.74) is -0.989. The molecule has 108 valence electrons. The zero-order chi connectivity index (χ0) is 14.8. The first-order valence-corrected chi connectivity index (χ1v) is 7.84. The van der Waals surface area contributed by atoms with Crippen LogP contribution < -0.4 is 4.72 Å². The molecule has 3 nitrogen and oxygen atoms in total. The maximum absolute atomic E-state index is 12.6. The Hall–Kier alpha value is -1.38. The largest absolute Gasteiger partial charge is 0.416 e. The first-order valence-electron chi connectivity index (χ1n) is 5.48. The van der Waals surface area contributed by atoms with Crippen LogP contribution in [0.3, 0.4) is 0 Å². The molecular weight excluding hydrogens is 311 g/mol. The van der Waals surface area contributed by atoms with Gasteiger partial charge in [0.2, 0.25) is 10.0 Å². The molecule has 0 fully saturated rings. The summed E-state index contributed by atoms with van der Waals surface area (Å²) in [7, 11) is -3.96. The van der Waals surface area contributed by atoms with E-state index < -0.39 is 26.7 Å². The number of alkyl halides is 3. The summed E-state index contributed by atoms with van der Waals surface area (Å²) in [6, 6.07) is 7.15. The molecule has 1 aromatic heterocycles. The van der Waals surface area contributed by atoms with Gasteiger partial charge in [-0.3, -0.25) is 0 Å². The van der Waals surface area contributed by atoms with E-state index in [4.69, 9.17) is 0 Å². The average molecular weight is 321 g/mol. The van der Waals surface area contributed by atoms with Crippen molar-refractivity contribution < 1.29 is 21.6 Å². The molecule has 0 saturated heterocycles. The van der Waals surface area contributed by atoms with Gasteiger partial charge in [0, 0.05) is 11.4 Å². The van der Waals surface area contributed by atoms with E-state index in [-0.39, 0.29) is 6.54 Å². The van der Waals surface area contributed by atoms with Crippen molar-refractivity contribution in [1.29, 1.82) is 0 Å². The topological polar surface area (TPSA) is 46.2 Å². The molecule has 0 saturated carbocycles. The van der Waals surface area contributed by atoms with Gasteiger partial charge in [-0.25, -0.2) is 13.1 Å². The lowest BCUT2D eigenvalue weighted by Gasteiger charge is -2.09. The van der Waals surface area contributed by atoms with Gasteiger partial charge in [-0.2, -0.15) is 13.2 Å². The van der Waals surface area contributed by atoms with E-state index in [9.17, 15) is 21.6 Å². The van der Waals surface area contributed by atoms with Crippen molar-refractivity contribution in [3.8, 4) is 0 Å². The number of halogens is 3. The highest BCUT2D eigenvalue weighted by Gasteiger charge is 2.31. The summed E-state index contributed by atoms with van der Waals surface area (Å²) >= 11 is 1.36. The van der Waals surface area contributed by atoms with E-state index in [1.807, 2.05) is 0 Å². The van der Waals surface area contributed by atoms with Crippen LogP contribution in [0.5, 0.6) is 0 Å². The molecule has 2 aromatic rings. The number of hydrogen-bond donors (Lipinski definition) is 1. The minimum Gasteiger partial charge on any atom is -0.207 e. The van der Waals surface area contributed by atoms with Crippen LogP contribution in [-0.4, -0.2) is 8.42 Å². The summed E-state index contributed by atoms with van der Waals surface area (Å²) in [5.74, 6) is 0. The Bertz CT molecular complexity index is 679. The number of sulfonamides is 1. The van der Waals surface area contributed by atoms with E-state index in [1.54, 1.807) is 17.5 Å². The highest BCUT2D eigenvalue weighted by Crippen LogP contribution is 2.30. The minimum atomic E-state index is -4.57. The molecule has 8 heteroatoms. The molecule has 2 rings (SSSR count). The zero-order valence-electron chi connectivity index (χ0n) is 10.0. The molecular formula is C12H10F3NO2S2. The smallest absolute Gasteiger partial charge is 0.207 e. The second-order valence-corrected chi connectivity index (χ2v) is 6.73. The summed E-state index contributed by atoms with van der Waals surface area (Å²) in [5, 5.41) is 1.79. The maximum atomic E-state index is 12.6. The Kier molecular flexibility index (Phi) is 4.17. The van der Waals surface area contributed by atoms with E-state index in [2.05, 4.69) is 4.72 Å². The third kappa shape index (κ3) is 3.59.